The first-order valence-corrected chi connectivity index (χ1v) is 8.16. The Morgan fingerprint density at radius 3 is 2.86 bits per heavy atom. The van der Waals surface area contributed by atoms with Crippen molar-refractivity contribution in [1.29, 1.82) is 0 Å². The third-order valence-electron chi connectivity index (χ3n) is 4.22. The van der Waals surface area contributed by atoms with E-state index >= 15 is 0 Å². The molecule has 2 unspecified atom stereocenters. The van der Waals surface area contributed by atoms with Crippen LogP contribution in [-0.4, -0.2) is 22.5 Å². The summed E-state index contributed by atoms with van der Waals surface area (Å²) in [6.45, 7) is 3.58. The van der Waals surface area contributed by atoms with Crippen molar-refractivity contribution >= 4 is 17.3 Å². The van der Waals surface area contributed by atoms with Gasteiger partial charge in [-0.05, 0) is 29.0 Å². The average Bonchev–Trinajstić information content (AvgIpc) is 3.01. The predicted octanol–water partition coefficient (Wildman–Crippen LogP) is 3.88. The molecule has 1 aliphatic heterocycles. The van der Waals surface area contributed by atoms with Crippen LogP contribution in [0.1, 0.15) is 41.3 Å². The first-order chi connectivity index (χ1) is 10.2. The van der Waals surface area contributed by atoms with Crippen molar-refractivity contribution in [2.45, 2.75) is 31.8 Å². The molecule has 0 spiro atoms. The summed E-state index contributed by atoms with van der Waals surface area (Å²) < 4.78 is 0. The maximum Gasteiger partial charge on any atom is 0.312 e. The van der Waals surface area contributed by atoms with Gasteiger partial charge in [-0.15, -0.1) is 11.3 Å². The van der Waals surface area contributed by atoms with Gasteiger partial charge in [0.1, 0.15) is 0 Å². The minimum atomic E-state index is -0.729. The molecule has 21 heavy (non-hydrogen) atoms. The molecule has 0 saturated carbocycles. The number of hydrogen-bond acceptors (Lipinski definition) is 3. The summed E-state index contributed by atoms with van der Waals surface area (Å²) >= 11 is 1.75. The number of fused-ring (bicyclic) bond motifs is 1. The van der Waals surface area contributed by atoms with Crippen LogP contribution in [0, 0.1) is 0 Å². The molecule has 4 heteroatoms. The van der Waals surface area contributed by atoms with Gasteiger partial charge in [-0.2, -0.15) is 0 Å². The zero-order valence-corrected chi connectivity index (χ0v) is 12.8. The summed E-state index contributed by atoms with van der Waals surface area (Å²) in [5.74, 6) is -1.16. The predicted molar refractivity (Wildman–Crippen MR) is 84.6 cm³/mol. The van der Waals surface area contributed by atoms with Gasteiger partial charge in [-0.3, -0.25) is 9.69 Å². The quantitative estimate of drug-likeness (QED) is 0.931. The fourth-order valence-corrected chi connectivity index (χ4v) is 4.15. The van der Waals surface area contributed by atoms with Gasteiger partial charge in [0, 0.05) is 24.0 Å². The third-order valence-corrected chi connectivity index (χ3v) is 5.19. The highest BCUT2D eigenvalue weighted by Gasteiger charge is 2.33. The zero-order valence-electron chi connectivity index (χ0n) is 12.0. The van der Waals surface area contributed by atoms with Gasteiger partial charge in [-0.1, -0.05) is 37.3 Å². The second-order valence-electron chi connectivity index (χ2n) is 5.46. The molecule has 0 fully saturated rings. The Hall–Kier alpha value is -1.65. The maximum absolute atomic E-state index is 11.6. The number of benzene rings is 1. The van der Waals surface area contributed by atoms with Gasteiger partial charge in [0.2, 0.25) is 0 Å². The molecule has 1 aliphatic rings. The lowest BCUT2D eigenvalue weighted by atomic mass is 9.88. The van der Waals surface area contributed by atoms with Gasteiger partial charge < -0.3 is 5.11 Å². The molecule has 0 amide bonds. The van der Waals surface area contributed by atoms with Gasteiger partial charge in [0.05, 0.1) is 5.92 Å². The normalized spacial score (nSPS) is 20.0. The van der Waals surface area contributed by atoms with E-state index in [9.17, 15) is 9.90 Å². The number of thiophene rings is 1. The second-order valence-corrected chi connectivity index (χ2v) is 6.44. The summed E-state index contributed by atoms with van der Waals surface area (Å²) in [7, 11) is 0. The van der Waals surface area contributed by atoms with E-state index in [-0.39, 0.29) is 0 Å². The molecule has 3 rings (SSSR count). The number of carboxylic acids is 1. The Bertz CT molecular complexity index is 623. The highest BCUT2D eigenvalue weighted by atomic mass is 32.1. The molecule has 2 heterocycles. The van der Waals surface area contributed by atoms with Crippen LogP contribution in [0.25, 0.3) is 0 Å². The summed E-state index contributed by atoms with van der Waals surface area (Å²) in [4.78, 5) is 15.3. The minimum absolute atomic E-state index is 0.306. The zero-order chi connectivity index (χ0) is 14.8. The van der Waals surface area contributed by atoms with E-state index in [1.54, 1.807) is 11.3 Å². The Labute approximate surface area is 128 Å². The number of aliphatic carboxylic acids is 1. The molecule has 2 aromatic rings. The van der Waals surface area contributed by atoms with Gasteiger partial charge in [0.15, 0.2) is 0 Å². The minimum Gasteiger partial charge on any atom is -0.481 e. The summed E-state index contributed by atoms with van der Waals surface area (Å²) in [5, 5.41) is 11.7. The molecular formula is C17H19NO2S. The molecule has 110 valence electrons. The standard InChI is InChI=1S/C17H19NO2S/c1-2-15(16-8-5-9-21-16)18-10-12-6-3-4-7-13(12)14(11-18)17(19)20/h3-9,14-15H,2,10-11H2,1H3,(H,19,20). The molecule has 1 aromatic carbocycles. The van der Waals surface area contributed by atoms with Crippen LogP contribution in [0.4, 0.5) is 0 Å². The topological polar surface area (TPSA) is 40.5 Å². The monoisotopic (exact) mass is 301 g/mol. The second kappa shape index (κ2) is 6.00. The number of rotatable bonds is 4. The molecule has 1 N–H and O–H groups in total. The highest BCUT2D eigenvalue weighted by Crippen LogP contribution is 2.36. The molecular weight excluding hydrogens is 282 g/mol. The van der Waals surface area contributed by atoms with Crippen molar-refractivity contribution in [3.63, 3.8) is 0 Å². The maximum atomic E-state index is 11.6. The largest absolute Gasteiger partial charge is 0.481 e. The number of carbonyl (C=O) groups is 1. The number of carboxylic acid groups (broad SMARTS) is 1. The SMILES string of the molecule is CCC(c1cccs1)N1Cc2ccccc2C(C(=O)O)C1. The van der Waals surface area contributed by atoms with Crippen molar-refractivity contribution < 1.29 is 9.90 Å². The number of hydrogen-bond donors (Lipinski definition) is 1. The van der Waals surface area contributed by atoms with Gasteiger partial charge >= 0.3 is 5.97 Å². The molecule has 0 bridgehead atoms. The van der Waals surface area contributed by atoms with Crippen molar-refractivity contribution in [2.75, 3.05) is 6.54 Å². The Morgan fingerprint density at radius 2 is 2.19 bits per heavy atom. The van der Waals surface area contributed by atoms with Crippen LogP contribution in [0.2, 0.25) is 0 Å². The van der Waals surface area contributed by atoms with E-state index < -0.39 is 11.9 Å². The Morgan fingerprint density at radius 1 is 1.38 bits per heavy atom. The smallest absolute Gasteiger partial charge is 0.312 e. The van der Waals surface area contributed by atoms with Crippen LogP contribution in [-0.2, 0) is 11.3 Å². The van der Waals surface area contributed by atoms with E-state index in [2.05, 4.69) is 35.4 Å². The van der Waals surface area contributed by atoms with Gasteiger partial charge in [-0.25, -0.2) is 0 Å². The number of nitrogens with zero attached hydrogens (tertiary/aromatic N) is 1. The van der Waals surface area contributed by atoms with E-state index in [1.807, 2.05) is 18.2 Å². The fourth-order valence-electron chi connectivity index (χ4n) is 3.20. The Kier molecular flexibility index (Phi) is 4.08. The van der Waals surface area contributed by atoms with Crippen LogP contribution in [0.5, 0.6) is 0 Å². The van der Waals surface area contributed by atoms with E-state index in [0.29, 0.717) is 12.6 Å². The van der Waals surface area contributed by atoms with Crippen molar-refractivity contribution in [3.05, 3.63) is 57.8 Å². The van der Waals surface area contributed by atoms with Gasteiger partial charge in [0.25, 0.3) is 0 Å². The van der Waals surface area contributed by atoms with E-state index in [0.717, 1.165) is 24.1 Å². The summed E-state index contributed by atoms with van der Waals surface area (Å²) in [5.41, 5.74) is 2.12. The average molecular weight is 301 g/mol. The van der Waals surface area contributed by atoms with Crippen molar-refractivity contribution in [1.82, 2.24) is 4.90 Å². The summed E-state index contributed by atoms with van der Waals surface area (Å²) in [6, 6.07) is 12.5. The van der Waals surface area contributed by atoms with Crippen LogP contribution in [0.3, 0.4) is 0 Å². The first kappa shape index (κ1) is 14.3. The first-order valence-electron chi connectivity index (χ1n) is 7.28. The third kappa shape index (κ3) is 2.74. The van der Waals surface area contributed by atoms with Crippen molar-refractivity contribution in [3.8, 4) is 0 Å². The summed E-state index contributed by atoms with van der Waals surface area (Å²) in [6.07, 6.45) is 0.995. The van der Waals surface area contributed by atoms with Crippen molar-refractivity contribution in [2.24, 2.45) is 0 Å². The van der Waals surface area contributed by atoms with Crippen LogP contribution < -0.4 is 0 Å². The molecule has 1 aromatic heterocycles. The molecule has 0 radical (unpaired) electrons. The molecule has 2 atom stereocenters. The molecule has 0 saturated heterocycles. The lowest BCUT2D eigenvalue weighted by Crippen LogP contribution is -2.38. The molecule has 3 nitrogen and oxygen atoms in total. The van der Waals surface area contributed by atoms with Crippen LogP contribution in [0.15, 0.2) is 41.8 Å². The van der Waals surface area contributed by atoms with E-state index in [4.69, 9.17) is 0 Å². The highest BCUT2D eigenvalue weighted by molar-refractivity contribution is 7.10. The lowest BCUT2D eigenvalue weighted by Gasteiger charge is -2.37. The lowest BCUT2D eigenvalue weighted by molar-refractivity contribution is -0.139. The Balaban J connectivity index is 1.94. The van der Waals surface area contributed by atoms with Crippen LogP contribution >= 0.6 is 11.3 Å². The van der Waals surface area contributed by atoms with E-state index in [1.165, 1.54) is 4.88 Å². The fraction of sp³-hybridized carbons (Fsp3) is 0.353. The molecule has 0 aliphatic carbocycles.